The first-order valence-electron chi connectivity index (χ1n) is 6.80. The number of allylic oxidation sites excluding steroid dienone is 3. The maximum Gasteiger partial charge on any atom is 0.185 e. The number of carbonyl (C=O) groups is 2. The lowest BCUT2D eigenvalue weighted by Crippen LogP contribution is -2.31. The molecule has 0 aromatic carbocycles. The molecular weight excluding hydrogens is 242 g/mol. The fourth-order valence-corrected chi connectivity index (χ4v) is 2.55. The van der Waals surface area contributed by atoms with Crippen molar-refractivity contribution in [3.8, 4) is 0 Å². The first-order valence-corrected chi connectivity index (χ1v) is 6.80. The second kappa shape index (κ2) is 5.80. The SMILES string of the molecule is CC1=C(C)C(=O)C(CCNC2CCOC2)=C(C)C1=O. The number of hydrogen-bond donors (Lipinski definition) is 1. The van der Waals surface area contributed by atoms with Gasteiger partial charge in [0.25, 0.3) is 0 Å². The molecule has 1 aliphatic heterocycles. The second-order valence-electron chi connectivity index (χ2n) is 5.28. The summed E-state index contributed by atoms with van der Waals surface area (Å²) in [5, 5.41) is 3.37. The van der Waals surface area contributed by atoms with Crippen molar-refractivity contribution in [2.45, 2.75) is 39.7 Å². The normalized spacial score (nSPS) is 24.7. The molecule has 0 aromatic rings. The van der Waals surface area contributed by atoms with E-state index in [1.54, 1.807) is 20.8 Å². The largest absolute Gasteiger partial charge is 0.380 e. The van der Waals surface area contributed by atoms with Gasteiger partial charge >= 0.3 is 0 Å². The number of hydrogen-bond acceptors (Lipinski definition) is 4. The van der Waals surface area contributed by atoms with Crippen LogP contribution in [0.3, 0.4) is 0 Å². The monoisotopic (exact) mass is 263 g/mol. The molecule has 1 aliphatic carbocycles. The lowest BCUT2D eigenvalue weighted by atomic mass is 9.84. The van der Waals surface area contributed by atoms with Crippen LogP contribution in [0.1, 0.15) is 33.6 Å². The summed E-state index contributed by atoms with van der Waals surface area (Å²) in [6.45, 7) is 7.47. The molecule has 1 atom stereocenters. The first-order chi connectivity index (χ1) is 9.02. The van der Waals surface area contributed by atoms with Gasteiger partial charge in [-0.05, 0) is 40.2 Å². The Labute approximate surface area is 113 Å². The number of ether oxygens (including phenoxy) is 1. The lowest BCUT2D eigenvalue weighted by Gasteiger charge is -2.19. The number of rotatable bonds is 4. The summed E-state index contributed by atoms with van der Waals surface area (Å²) in [5.41, 5.74) is 2.45. The Kier molecular flexibility index (Phi) is 4.32. The van der Waals surface area contributed by atoms with Crippen molar-refractivity contribution < 1.29 is 14.3 Å². The van der Waals surface area contributed by atoms with E-state index in [0.29, 0.717) is 41.3 Å². The highest BCUT2D eigenvalue weighted by Crippen LogP contribution is 2.25. The van der Waals surface area contributed by atoms with Gasteiger partial charge in [-0.3, -0.25) is 9.59 Å². The van der Waals surface area contributed by atoms with Crippen molar-refractivity contribution >= 4 is 11.6 Å². The minimum Gasteiger partial charge on any atom is -0.380 e. The van der Waals surface area contributed by atoms with Gasteiger partial charge in [0.05, 0.1) is 6.61 Å². The highest BCUT2D eigenvalue weighted by Gasteiger charge is 2.27. The molecule has 0 amide bonds. The highest BCUT2D eigenvalue weighted by molar-refractivity contribution is 6.24. The summed E-state index contributed by atoms with van der Waals surface area (Å²) in [6, 6.07) is 0.383. The number of nitrogens with one attached hydrogen (secondary N) is 1. The van der Waals surface area contributed by atoms with Crippen LogP contribution in [-0.2, 0) is 14.3 Å². The van der Waals surface area contributed by atoms with Crippen LogP contribution in [0.5, 0.6) is 0 Å². The summed E-state index contributed by atoms with van der Waals surface area (Å²) >= 11 is 0. The van der Waals surface area contributed by atoms with Gasteiger partial charge < -0.3 is 10.1 Å². The minimum atomic E-state index is 0.0105. The van der Waals surface area contributed by atoms with E-state index >= 15 is 0 Å². The number of carbonyl (C=O) groups excluding carboxylic acids is 2. The first kappa shape index (κ1) is 14.2. The molecule has 0 aromatic heterocycles. The van der Waals surface area contributed by atoms with E-state index in [-0.39, 0.29) is 11.6 Å². The van der Waals surface area contributed by atoms with Gasteiger partial charge in [-0.2, -0.15) is 0 Å². The molecule has 4 heteroatoms. The predicted molar refractivity (Wildman–Crippen MR) is 72.9 cm³/mol. The summed E-state index contributed by atoms with van der Waals surface area (Å²) in [5.74, 6) is 0.0374. The van der Waals surface area contributed by atoms with E-state index in [1.165, 1.54) is 0 Å². The molecule has 1 unspecified atom stereocenters. The average Bonchev–Trinajstić information content (AvgIpc) is 2.91. The van der Waals surface area contributed by atoms with Crippen LogP contribution in [0.15, 0.2) is 22.3 Å². The molecule has 0 spiro atoms. The maximum atomic E-state index is 12.2. The second-order valence-corrected chi connectivity index (χ2v) is 5.28. The summed E-state index contributed by atoms with van der Waals surface area (Å²) in [6.07, 6.45) is 1.63. The van der Waals surface area contributed by atoms with Crippen molar-refractivity contribution in [2.75, 3.05) is 19.8 Å². The Morgan fingerprint density at radius 2 is 1.79 bits per heavy atom. The molecule has 0 radical (unpaired) electrons. The lowest BCUT2D eigenvalue weighted by molar-refractivity contribution is -0.116. The Balaban J connectivity index is 1.98. The van der Waals surface area contributed by atoms with E-state index in [2.05, 4.69) is 5.32 Å². The predicted octanol–water partition coefficient (Wildman–Crippen LogP) is 1.56. The third-order valence-corrected chi connectivity index (χ3v) is 4.05. The van der Waals surface area contributed by atoms with Gasteiger partial charge in [-0.25, -0.2) is 0 Å². The molecule has 1 saturated heterocycles. The van der Waals surface area contributed by atoms with Gasteiger partial charge in [0.15, 0.2) is 11.6 Å². The zero-order valence-corrected chi connectivity index (χ0v) is 11.8. The van der Waals surface area contributed by atoms with Crippen molar-refractivity contribution in [3.05, 3.63) is 22.3 Å². The van der Waals surface area contributed by atoms with Gasteiger partial charge in [-0.15, -0.1) is 0 Å². The van der Waals surface area contributed by atoms with E-state index in [9.17, 15) is 9.59 Å². The van der Waals surface area contributed by atoms with Crippen molar-refractivity contribution in [3.63, 3.8) is 0 Å². The Hall–Kier alpha value is -1.26. The number of Topliss-reactive ketones (excluding diaryl/α,β-unsaturated/α-hetero) is 2. The van der Waals surface area contributed by atoms with E-state index in [0.717, 1.165) is 19.6 Å². The van der Waals surface area contributed by atoms with E-state index in [4.69, 9.17) is 4.74 Å². The van der Waals surface area contributed by atoms with E-state index < -0.39 is 0 Å². The van der Waals surface area contributed by atoms with Crippen LogP contribution < -0.4 is 5.32 Å². The summed E-state index contributed by atoms with van der Waals surface area (Å²) in [7, 11) is 0. The Bertz CT molecular complexity index is 468. The van der Waals surface area contributed by atoms with Crippen LogP contribution in [0, 0.1) is 0 Å². The zero-order valence-electron chi connectivity index (χ0n) is 11.8. The molecule has 104 valence electrons. The highest BCUT2D eigenvalue weighted by atomic mass is 16.5. The van der Waals surface area contributed by atoms with Gasteiger partial charge in [0, 0.05) is 34.9 Å². The van der Waals surface area contributed by atoms with Crippen molar-refractivity contribution in [1.82, 2.24) is 5.32 Å². The van der Waals surface area contributed by atoms with Crippen molar-refractivity contribution in [1.29, 1.82) is 0 Å². The maximum absolute atomic E-state index is 12.2. The van der Waals surface area contributed by atoms with Crippen LogP contribution in [0.25, 0.3) is 0 Å². The minimum absolute atomic E-state index is 0.0105. The molecule has 19 heavy (non-hydrogen) atoms. The van der Waals surface area contributed by atoms with E-state index in [1.807, 2.05) is 0 Å². The topological polar surface area (TPSA) is 55.4 Å². The fraction of sp³-hybridized carbons (Fsp3) is 0.600. The van der Waals surface area contributed by atoms with Crippen LogP contribution in [0.4, 0.5) is 0 Å². The molecule has 0 saturated carbocycles. The van der Waals surface area contributed by atoms with Crippen LogP contribution >= 0.6 is 0 Å². The zero-order chi connectivity index (χ0) is 14.0. The quantitative estimate of drug-likeness (QED) is 0.782. The van der Waals surface area contributed by atoms with Crippen molar-refractivity contribution in [2.24, 2.45) is 0 Å². The molecule has 4 nitrogen and oxygen atoms in total. The van der Waals surface area contributed by atoms with Crippen LogP contribution in [0.2, 0.25) is 0 Å². The smallest absolute Gasteiger partial charge is 0.185 e. The Morgan fingerprint density at radius 1 is 1.11 bits per heavy atom. The van der Waals surface area contributed by atoms with Gasteiger partial charge in [0.2, 0.25) is 0 Å². The molecule has 0 bridgehead atoms. The van der Waals surface area contributed by atoms with Gasteiger partial charge in [0.1, 0.15) is 0 Å². The average molecular weight is 263 g/mol. The summed E-state index contributed by atoms with van der Waals surface area (Å²) < 4.78 is 5.29. The molecule has 2 rings (SSSR count). The fourth-order valence-electron chi connectivity index (χ4n) is 2.55. The molecule has 2 aliphatic rings. The third kappa shape index (κ3) is 2.85. The third-order valence-electron chi connectivity index (χ3n) is 4.05. The van der Waals surface area contributed by atoms with Gasteiger partial charge in [-0.1, -0.05) is 0 Å². The van der Waals surface area contributed by atoms with Crippen LogP contribution in [-0.4, -0.2) is 37.4 Å². The number of ketones is 2. The molecule has 1 heterocycles. The molecule has 1 N–H and O–H groups in total. The Morgan fingerprint density at radius 3 is 2.42 bits per heavy atom. The molecular formula is C15H21NO3. The standard InChI is InChI=1S/C15H21NO3/c1-9-10(2)15(18)13(11(3)14(9)17)4-6-16-12-5-7-19-8-12/h12,16H,4-8H2,1-3H3. The molecule has 1 fully saturated rings. The summed E-state index contributed by atoms with van der Waals surface area (Å²) in [4.78, 5) is 24.2.